The zero-order chi connectivity index (χ0) is 13.3. The van der Waals surface area contributed by atoms with Gasteiger partial charge in [-0.05, 0) is 12.7 Å². The maximum atomic E-state index is 11.3. The summed E-state index contributed by atoms with van der Waals surface area (Å²) in [5.74, 6) is -1.15. The number of rotatable bonds is 8. The Bertz CT molecular complexity index is 250. The van der Waals surface area contributed by atoms with Crippen LogP contribution in [0.5, 0.6) is 0 Å². The molecule has 0 aliphatic rings. The van der Waals surface area contributed by atoms with Gasteiger partial charge >= 0.3 is 12.0 Å². The van der Waals surface area contributed by atoms with E-state index in [1.807, 2.05) is 6.26 Å². The average molecular weight is 264 g/mol. The van der Waals surface area contributed by atoms with Gasteiger partial charge in [0.2, 0.25) is 0 Å². The van der Waals surface area contributed by atoms with Crippen molar-refractivity contribution in [3.63, 3.8) is 0 Å². The Labute approximate surface area is 105 Å². The molecule has 4 N–H and O–H groups in total. The van der Waals surface area contributed by atoms with E-state index in [1.54, 1.807) is 11.8 Å². The van der Waals surface area contributed by atoms with Gasteiger partial charge in [0.25, 0.3) is 0 Å². The lowest BCUT2D eigenvalue weighted by Crippen LogP contribution is -2.46. The summed E-state index contributed by atoms with van der Waals surface area (Å²) in [6.07, 6.45) is 2.82. The molecule has 2 atom stereocenters. The molecule has 0 aliphatic heterocycles. The number of hydrogen-bond acceptors (Lipinski definition) is 4. The zero-order valence-electron chi connectivity index (χ0n) is 10.1. The third kappa shape index (κ3) is 7.87. The minimum Gasteiger partial charge on any atom is -0.480 e. The molecule has 2 amide bonds. The highest BCUT2D eigenvalue weighted by Crippen LogP contribution is 2.07. The summed E-state index contributed by atoms with van der Waals surface area (Å²) >= 11 is 1.70. The Morgan fingerprint density at radius 3 is 2.47 bits per heavy atom. The average Bonchev–Trinajstić information content (AvgIpc) is 2.28. The van der Waals surface area contributed by atoms with Gasteiger partial charge in [0, 0.05) is 24.8 Å². The van der Waals surface area contributed by atoms with Gasteiger partial charge in [0.1, 0.15) is 6.04 Å². The lowest BCUT2D eigenvalue weighted by atomic mass is 10.2. The smallest absolute Gasteiger partial charge is 0.326 e. The molecular formula is C10H20N2O4S. The van der Waals surface area contributed by atoms with Crippen LogP contribution in [0.25, 0.3) is 0 Å². The SMILES string of the molecule is CSC(C)CCNC(=O)NC(CCO)C(=O)O. The quantitative estimate of drug-likeness (QED) is 0.504. The number of amides is 2. The molecule has 0 saturated carbocycles. The van der Waals surface area contributed by atoms with Crippen molar-refractivity contribution in [2.75, 3.05) is 19.4 Å². The number of aliphatic carboxylic acids is 1. The lowest BCUT2D eigenvalue weighted by molar-refractivity contribution is -0.139. The number of nitrogens with one attached hydrogen (secondary N) is 2. The third-order valence-corrected chi connectivity index (χ3v) is 3.30. The number of aliphatic hydroxyl groups is 1. The summed E-state index contributed by atoms with van der Waals surface area (Å²) in [4.78, 5) is 22.0. The van der Waals surface area contributed by atoms with Gasteiger partial charge in [-0.2, -0.15) is 11.8 Å². The number of hydrogen-bond donors (Lipinski definition) is 4. The normalized spacial score (nSPS) is 13.8. The van der Waals surface area contributed by atoms with E-state index in [9.17, 15) is 9.59 Å². The Kier molecular flexibility index (Phi) is 8.61. The molecule has 0 heterocycles. The van der Waals surface area contributed by atoms with Crippen molar-refractivity contribution in [2.45, 2.75) is 31.1 Å². The molecule has 100 valence electrons. The number of carbonyl (C=O) groups excluding carboxylic acids is 1. The first-order valence-electron chi connectivity index (χ1n) is 5.42. The monoisotopic (exact) mass is 264 g/mol. The number of carboxylic acid groups (broad SMARTS) is 1. The maximum Gasteiger partial charge on any atom is 0.326 e. The molecule has 0 spiro atoms. The second-order valence-corrected chi connectivity index (χ2v) is 4.91. The van der Waals surface area contributed by atoms with E-state index in [4.69, 9.17) is 10.2 Å². The van der Waals surface area contributed by atoms with Crippen molar-refractivity contribution >= 4 is 23.8 Å². The molecule has 7 heteroatoms. The molecule has 2 unspecified atom stereocenters. The zero-order valence-corrected chi connectivity index (χ0v) is 10.9. The first-order valence-corrected chi connectivity index (χ1v) is 6.70. The predicted octanol–water partition coefficient (Wildman–Crippen LogP) is 0.263. The van der Waals surface area contributed by atoms with Crippen LogP contribution in [0.15, 0.2) is 0 Å². The summed E-state index contributed by atoms with van der Waals surface area (Å²) in [6, 6.07) is -1.56. The Morgan fingerprint density at radius 2 is 2.00 bits per heavy atom. The van der Waals surface area contributed by atoms with E-state index in [0.717, 1.165) is 6.42 Å². The number of carbonyl (C=O) groups is 2. The second-order valence-electron chi connectivity index (χ2n) is 3.64. The minimum atomic E-state index is -1.15. The summed E-state index contributed by atoms with van der Waals surface area (Å²) in [5, 5.41) is 22.7. The maximum absolute atomic E-state index is 11.3. The molecule has 17 heavy (non-hydrogen) atoms. The Balaban J connectivity index is 3.86. The van der Waals surface area contributed by atoms with E-state index in [2.05, 4.69) is 17.6 Å². The third-order valence-electron chi connectivity index (χ3n) is 2.26. The van der Waals surface area contributed by atoms with Gasteiger partial charge in [0.05, 0.1) is 0 Å². The highest BCUT2D eigenvalue weighted by Gasteiger charge is 2.18. The van der Waals surface area contributed by atoms with Gasteiger partial charge in [0.15, 0.2) is 0 Å². The molecule has 0 aromatic heterocycles. The van der Waals surface area contributed by atoms with Crippen molar-refractivity contribution in [3.05, 3.63) is 0 Å². The summed E-state index contributed by atoms with van der Waals surface area (Å²) in [6.45, 7) is 2.27. The fraction of sp³-hybridized carbons (Fsp3) is 0.800. The van der Waals surface area contributed by atoms with Crippen molar-refractivity contribution < 1.29 is 19.8 Å². The largest absolute Gasteiger partial charge is 0.480 e. The van der Waals surface area contributed by atoms with Crippen LogP contribution in [0.1, 0.15) is 19.8 Å². The summed E-state index contributed by atoms with van der Waals surface area (Å²) < 4.78 is 0. The van der Waals surface area contributed by atoms with Crippen LogP contribution in [-0.2, 0) is 4.79 Å². The molecule has 0 saturated heterocycles. The van der Waals surface area contributed by atoms with E-state index >= 15 is 0 Å². The predicted molar refractivity (Wildman–Crippen MR) is 67.3 cm³/mol. The van der Waals surface area contributed by atoms with Gasteiger partial charge in [-0.15, -0.1) is 0 Å². The van der Waals surface area contributed by atoms with E-state index in [1.165, 1.54) is 0 Å². The van der Waals surface area contributed by atoms with Crippen LogP contribution in [0.4, 0.5) is 4.79 Å². The topological polar surface area (TPSA) is 98.7 Å². The fourth-order valence-corrected chi connectivity index (χ4v) is 1.46. The fourth-order valence-electron chi connectivity index (χ4n) is 1.10. The van der Waals surface area contributed by atoms with Crippen LogP contribution in [0.3, 0.4) is 0 Å². The Hall–Kier alpha value is -0.950. The van der Waals surface area contributed by atoms with Gasteiger partial charge in [-0.1, -0.05) is 6.92 Å². The Morgan fingerprint density at radius 1 is 1.35 bits per heavy atom. The molecule has 6 nitrogen and oxygen atoms in total. The molecule has 0 fully saturated rings. The minimum absolute atomic E-state index is 0.00394. The second kappa shape index (κ2) is 9.12. The molecule has 0 aliphatic carbocycles. The van der Waals surface area contributed by atoms with Crippen LogP contribution in [0, 0.1) is 0 Å². The molecule has 0 radical (unpaired) electrons. The van der Waals surface area contributed by atoms with Gasteiger partial charge in [-0.25, -0.2) is 9.59 Å². The first kappa shape index (κ1) is 16.1. The molecule has 0 aromatic carbocycles. The molecule has 0 bridgehead atoms. The summed E-state index contributed by atoms with van der Waals surface area (Å²) in [7, 11) is 0. The molecule has 0 aromatic rings. The number of thioether (sulfide) groups is 1. The highest BCUT2D eigenvalue weighted by molar-refractivity contribution is 7.99. The van der Waals surface area contributed by atoms with Crippen LogP contribution < -0.4 is 10.6 Å². The van der Waals surface area contributed by atoms with E-state index < -0.39 is 18.0 Å². The standard InChI is InChI=1S/C10H20N2O4S/c1-7(17-2)3-5-11-10(16)12-8(4-6-13)9(14)15/h7-8,13H,3-6H2,1-2H3,(H,14,15)(H2,11,12,16). The number of aliphatic hydroxyl groups excluding tert-OH is 1. The van der Waals surface area contributed by atoms with Crippen molar-refractivity contribution in [2.24, 2.45) is 0 Å². The van der Waals surface area contributed by atoms with Crippen molar-refractivity contribution in [3.8, 4) is 0 Å². The van der Waals surface area contributed by atoms with Gasteiger partial charge in [-0.3, -0.25) is 0 Å². The van der Waals surface area contributed by atoms with E-state index in [0.29, 0.717) is 11.8 Å². The number of urea groups is 1. The highest BCUT2D eigenvalue weighted by atomic mass is 32.2. The molecule has 0 rings (SSSR count). The van der Waals surface area contributed by atoms with Crippen LogP contribution in [-0.4, -0.2) is 52.9 Å². The first-order chi connectivity index (χ1) is 8.01. The van der Waals surface area contributed by atoms with Crippen LogP contribution >= 0.6 is 11.8 Å². The van der Waals surface area contributed by atoms with Crippen LogP contribution in [0.2, 0.25) is 0 Å². The van der Waals surface area contributed by atoms with Crippen molar-refractivity contribution in [1.82, 2.24) is 10.6 Å². The number of carboxylic acids is 1. The van der Waals surface area contributed by atoms with Crippen molar-refractivity contribution in [1.29, 1.82) is 0 Å². The van der Waals surface area contributed by atoms with Gasteiger partial charge < -0.3 is 20.8 Å². The molecular weight excluding hydrogens is 244 g/mol. The summed E-state index contributed by atoms with van der Waals surface area (Å²) in [5.41, 5.74) is 0. The lowest BCUT2D eigenvalue weighted by Gasteiger charge is -2.14. The van der Waals surface area contributed by atoms with E-state index in [-0.39, 0.29) is 13.0 Å².